The lowest BCUT2D eigenvalue weighted by molar-refractivity contribution is 0.0310. The lowest BCUT2D eigenvalue weighted by Crippen LogP contribution is -2.40. The van der Waals surface area contributed by atoms with E-state index in [0.717, 1.165) is 32.1 Å². The van der Waals surface area contributed by atoms with E-state index in [9.17, 15) is 0 Å². The van der Waals surface area contributed by atoms with Gasteiger partial charge in [0, 0.05) is 26.8 Å². The summed E-state index contributed by atoms with van der Waals surface area (Å²) in [5.74, 6) is 0.852. The first-order valence-corrected chi connectivity index (χ1v) is 7.26. The Labute approximate surface area is 117 Å². The average Bonchev–Trinajstić information content (AvgIpc) is 2.89. The van der Waals surface area contributed by atoms with E-state index < -0.39 is 0 Å². The number of rotatable bonds is 7. The number of hydrogen-bond acceptors (Lipinski definition) is 3. The van der Waals surface area contributed by atoms with Gasteiger partial charge in [-0.05, 0) is 40.0 Å². The third-order valence-electron chi connectivity index (χ3n) is 3.30. The van der Waals surface area contributed by atoms with Crippen molar-refractivity contribution in [2.45, 2.75) is 51.7 Å². The van der Waals surface area contributed by atoms with Crippen LogP contribution in [0.1, 0.15) is 40.0 Å². The zero-order chi connectivity index (χ0) is 14.1. The molecular formula is C14H29N3O2. The van der Waals surface area contributed by atoms with E-state index >= 15 is 0 Å². The number of aliphatic imine (C=N–C) groups is 1. The fourth-order valence-electron chi connectivity index (χ4n) is 1.90. The van der Waals surface area contributed by atoms with Crippen LogP contribution in [0.4, 0.5) is 0 Å². The standard InChI is InChI=1S/C14H29N3O2/c1-5-15-13(17-11-14(2,3)18-4)16-9-8-12-7-6-10-19-12/h12H,5-11H2,1-4H3,(H2,15,16,17). The molecule has 0 radical (unpaired) electrons. The molecule has 112 valence electrons. The lowest BCUT2D eigenvalue weighted by Gasteiger charge is -2.21. The molecule has 5 heteroatoms. The van der Waals surface area contributed by atoms with Gasteiger partial charge in [-0.15, -0.1) is 0 Å². The summed E-state index contributed by atoms with van der Waals surface area (Å²) in [6.45, 7) is 9.44. The first-order valence-electron chi connectivity index (χ1n) is 7.26. The summed E-state index contributed by atoms with van der Waals surface area (Å²) >= 11 is 0. The van der Waals surface area contributed by atoms with E-state index in [4.69, 9.17) is 9.47 Å². The van der Waals surface area contributed by atoms with Gasteiger partial charge in [0.05, 0.1) is 18.2 Å². The third kappa shape index (κ3) is 6.78. The van der Waals surface area contributed by atoms with Crippen molar-refractivity contribution in [3.63, 3.8) is 0 Å². The second-order valence-electron chi connectivity index (χ2n) is 5.51. The minimum absolute atomic E-state index is 0.225. The quantitative estimate of drug-likeness (QED) is 0.545. The van der Waals surface area contributed by atoms with Crippen molar-refractivity contribution >= 4 is 5.96 Å². The molecule has 0 saturated carbocycles. The van der Waals surface area contributed by atoms with Crippen LogP contribution in [0.5, 0.6) is 0 Å². The smallest absolute Gasteiger partial charge is 0.191 e. The number of nitrogens with one attached hydrogen (secondary N) is 2. The number of ether oxygens (including phenoxy) is 2. The highest BCUT2D eigenvalue weighted by Gasteiger charge is 2.17. The van der Waals surface area contributed by atoms with E-state index in [2.05, 4.69) is 22.5 Å². The van der Waals surface area contributed by atoms with Crippen molar-refractivity contribution in [2.75, 3.05) is 33.4 Å². The predicted molar refractivity (Wildman–Crippen MR) is 78.7 cm³/mol. The Balaban J connectivity index is 2.32. The number of guanidine groups is 1. The molecule has 1 fully saturated rings. The Kier molecular flexibility index (Phi) is 7.16. The van der Waals surface area contributed by atoms with Crippen LogP contribution >= 0.6 is 0 Å². The SMILES string of the molecule is CCNC(=NCC(C)(C)OC)NCCC1CCCO1. The van der Waals surface area contributed by atoms with Crippen LogP contribution in [-0.4, -0.2) is 51.0 Å². The van der Waals surface area contributed by atoms with Crippen LogP contribution in [0, 0.1) is 0 Å². The van der Waals surface area contributed by atoms with E-state index in [-0.39, 0.29) is 5.60 Å². The van der Waals surface area contributed by atoms with Crippen LogP contribution in [0.3, 0.4) is 0 Å². The van der Waals surface area contributed by atoms with Gasteiger partial charge in [0.15, 0.2) is 5.96 Å². The maximum absolute atomic E-state index is 5.61. The summed E-state index contributed by atoms with van der Waals surface area (Å²) in [7, 11) is 1.72. The number of nitrogens with zero attached hydrogens (tertiary/aromatic N) is 1. The normalized spacial score (nSPS) is 20.6. The molecule has 5 nitrogen and oxygen atoms in total. The molecule has 1 rings (SSSR count). The molecule has 0 aromatic rings. The van der Waals surface area contributed by atoms with Crippen molar-refractivity contribution < 1.29 is 9.47 Å². The van der Waals surface area contributed by atoms with Crippen molar-refractivity contribution in [1.82, 2.24) is 10.6 Å². The van der Waals surface area contributed by atoms with Gasteiger partial charge in [-0.1, -0.05) is 0 Å². The van der Waals surface area contributed by atoms with Gasteiger partial charge in [-0.2, -0.15) is 0 Å². The molecule has 0 aromatic carbocycles. The maximum Gasteiger partial charge on any atom is 0.191 e. The third-order valence-corrected chi connectivity index (χ3v) is 3.30. The van der Waals surface area contributed by atoms with Crippen LogP contribution < -0.4 is 10.6 Å². The van der Waals surface area contributed by atoms with Gasteiger partial charge in [0.2, 0.25) is 0 Å². The van der Waals surface area contributed by atoms with E-state index in [1.807, 2.05) is 13.8 Å². The molecule has 1 aliphatic rings. The largest absolute Gasteiger partial charge is 0.378 e. The van der Waals surface area contributed by atoms with E-state index in [1.165, 1.54) is 12.8 Å². The fourth-order valence-corrected chi connectivity index (χ4v) is 1.90. The van der Waals surface area contributed by atoms with Crippen molar-refractivity contribution in [1.29, 1.82) is 0 Å². The predicted octanol–water partition coefficient (Wildman–Crippen LogP) is 1.54. The van der Waals surface area contributed by atoms with Gasteiger partial charge >= 0.3 is 0 Å². The monoisotopic (exact) mass is 271 g/mol. The molecule has 0 bridgehead atoms. The second-order valence-corrected chi connectivity index (χ2v) is 5.51. The van der Waals surface area contributed by atoms with Crippen molar-refractivity contribution in [3.05, 3.63) is 0 Å². The highest BCUT2D eigenvalue weighted by Crippen LogP contribution is 2.14. The van der Waals surface area contributed by atoms with Crippen LogP contribution in [0.15, 0.2) is 4.99 Å². The van der Waals surface area contributed by atoms with Crippen molar-refractivity contribution in [2.24, 2.45) is 4.99 Å². The Hall–Kier alpha value is -0.810. The summed E-state index contributed by atoms with van der Waals surface area (Å²) in [5.41, 5.74) is -0.225. The Morgan fingerprint density at radius 3 is 2.79 bits per heavy atom. The van der Waals surface area contributed by atoms with Crippen LogP contribution in [0.2, 0.25) is 0 Å². The highest BCUT2D eigenvalue weighted by molar-refractivity contribution is 5.79. The van der Waals surface area contributed by atoms with Crippen molar-refractivity contribution in [3.8, 4) is 0 Å². The van der Waals surface area contributed by atoms with Crippen LogP contribution in [0.25, 0.3) is 0 Å². The Bertz CT molecular complexity index is 274. The van der Waals surface area contributed by atoms with Gasteiger partial charge in [0.25, 0.3) is 0 Å². The topological polar surface area (TPSA) is 54.9 Å². The molecule has 1 heterocycles. The lowest BCUT2D eigenvalue weighted by atomic mass is 10.1. The summed E-state index contributed by atoms with van der Waals surface area (Å²) in [6, 6.07) is 0. The summed E-state index contributed by atoms with van der Waals surface area (Å²) < 4.78 is 11.0. The molecule has 0 spiro atoms. The minimum Gasteiger partial charge on any atom is -0.378 e. The maximum atomic E-state index is 5.61. The molecule has 0 amide bonds. The first kappa shape index (κ1) is 16.2. The van der Waals surface area contributed by atoms with Gasteiger partial charge in [-0.3, -0.25) is 4.99 Å². The van der Waals surface area contributed by atoms with E-state index in [1.54, 1.807) is 7.11 Å². The second kappa shape index (κ2) is 8.38. The van der Waals surface area contributed by atoms with Gasteiger partial charge < -0.3 is 20.1 Å². The first-order chi connectivity index (χ1) is 9.07. The average molecular weight is 271 g/mol. The number of hydrogen-bond donors (Lipinski definition) is 2. The molecule has 1 unspecified atom stereocenters. The zero-order valence-electron chi connectivity index (χ0n) is 12.8. The Morgan fingerprint density at radius 1 is 1.42 bits per heavy atom. The molecule has 19 heavy (non-hydrogen) atoms. The molecule has 0 aliphatic carbocycles. The molecule has 1 saturated heterocycles. The molecule has 0 aromatic heterocycles. The molecule has 1 aliphatic heterocycles. The van der Waals surface area contributed by atoms with Gasteiger partial charge in [-0.25, -0.2) is 0 Å². The Morgan fingerprint density at radius 2 is 2.21 bits per heavy atom. The summed E-state index contributed by atoms with van der Waals surface area (Å²) in [6.07, 6.45) is 3.84. The fraction of sp³-hybridized carbons (Fsp3) is 0.929. The van der Waals surface area contributed by atoms with Gasteiger partial charge in [0.1, 0.15) is 0 Å². The summed E-state index contributed by atoms with van der Waals surface area (Å²) in [5, 5.41) is 6.59. The van der Waals surface area contributed by atoms with Crippen LogP contribution in [-0.2, 0) is 9.47 Å². The number of methoxy groups -OCH3 is 1. The minimum atomic E-state index is -0.225. The van der Waals surface area contributed by atoms with E-state index in [0.29, 0.717) is 12.6 Å². The molecule has 1 atom stereocenters. The molecule has 2 N–H and O–H groups in total. The molecular weight excluding hydrogens is 242 g/mol. The summed E-state index contributed by atoms with van der Waals surface area (Å²) in [4.78, 5) is 4.55. The zero-order valence-corrected chi connectivity index (χ0v) is 12.8. The highest BCUT2D eigenvalue weighted by atomic mass is 16.5.